The average molecular weight is 456 g/mol. The monoisotopic (exact) mass is 454 g/mol. The maximum atomic E-state index is 10.2. The fraction of sp³-hybridized carbons (Fsp3) is 0. The molecule has 0 aliphatic rings. The second-order valence-electron chi connectivity index (χ2n) is 5.58. The molecule has 0 fully saturated rings. The molecule has 0 radical (unpaired) electrons. The van der Waals surface area contributed by atoms with Crippen molar-refractivity contribution in [2.75, 3.05) is 0 Å². The van der Waals surface area contributed by atoms with E-state index in [0.29, 0.717) is 11.0 Å². The third kappa shape index (κ3) is 3.17. The lowest BCUT2D eigenvalue weighted by atomic mass is 10.0. The minimum absolute atomic E-state index is 0.130. The molecule has 0 amide bonds. The Balaban J connectivity index is 2.03. The Hall–Kier alpha value is -2.24. The van der Waals surface area contributed by atoms with Gasteiger partial charge in [0.2, 0.25) is 0 Å². The van der Waals surface area contributed by atoms with Crippen LogP contribution in [-0.4, -0.2) is 15.1 Å². The molecule has 4 rings (SSSR count). The van der Waals surface area contributed by atoms with Crippen molar-refractivity contribution in [3.05, 3.63) is 75.7 Å². The van der Waals surface area contributed by atoms with Crippen molar-refractivity contribution in [2.24, 2.45) is 0 Å². The van der Waals surface area contributed by atoms with E-state index < -0.39 is 0 Å². The van der Waals surface area contributed by atoms with Crippen molar-refractivity contribution in [1.29, 1.82) is 0 Å². The van der Waals surface area contributed by atoms with E-state index in [1.807, 2.05) is 54.6 Å². The van der Waals surface area contributed by atoms with Crippen molar-refractivity contribution in [2.45, 2.75) is 0 Å². The molecule has 0 aliphatic heterocycles. The van der Waals surface area contributed by atoms with Gasteiger partial charge in [0, 0.05) is 20.1 Å². The van der Waals surface area contributed by atoms with Gasteiger partial charge < -0.3 is 5.11 Å². The standard InChI is InChI=1S/C20H12Br2N2O/c21-14-8-4-12(5-9-14)18-19(13-6-10-15(22)11-7-13)24-20-16(23-18)2-1-3-17(20)25/h1-11,25H. The van der Waals surface area contributed by atoms with Crippen LogP contribution >= 0.6 is 31.9 Å². The van der Waals surface area contributed by atoms with Gasteiger partial charge in [0.1, 0.15) is 11.3 Å². The van der Waals surface area contributed by atoms with Gasteiger partial charge in [0.05, 0.1) is 16.9 Å². The number of benzene rings is 3. The van der Waals surface area contributed by atoms with Crippen molar-refractivity contribution >= 4 is 42.9 Å². The Labute approximate surface area is 161 Å². The summed E-state index contributed by atoms with van der Waals surface area (Å²) in [5, 5.41) is 10.2. The van der Waals surface area contributed by atoms with Gasteiger partial charge in [0.15, 0.2) is 0 Å². The van der Waals surface area contributed by atoms with E-state index >= 15 is 0 Å². The Kier molecular flexibility index (Phi) is 4.27. The highest BCUT2D eigenvalue weighted by Gasteiger charge is 2.14. The molecule has 0 unspecified atom stereocenters. The zero-order valence-electron chi connectivity index (χ0n) is 12.9. The fourth-order valence-corrected chi connectivity index (χ4v) is 3.21. The summed E-state index contributed by atoms with van der Waals surface area (Å²) in [5.41, 5.74) is 4.61. The number of para-hydroxylation sites is 1. The van der Waals surface area contributed by atoms with Crippen molar-refractivity contribution < 1.29 is 5.11 Å². The summed E-state index contributed by atoms with van der Waals surface area (Å²) in [6.45, 7) is 0. The molecular formula is C20H12Br2N2O. The number of rotatable bonds is 2. The maximum absolute atomic E-state index is 10.2. The summed E-state index contributed by atoms with van der Waals surface area (Å²) in [7, 11) is 0. The molecule has 0 aliphatic carbocycles. The van der Waals surface area contributed by atoms with Crippen LogP contribution in [0.4, 0.5) is 0 Å². The molecule has 122 valence electrons. The number of phenols is 1. The second-order valence-corrected chi connectivity index (χ2v) is 7.41. The van der Waals surface area contributed by atoms with E-state index in [0.717, 1.165) is 31.5 Å². The normalized spacial score (nSPS) is 11.0. The molecule has 1 N–H and O–H groups in total. The Morgan fingerprint density at radius 1 is 0.640 bits per heavy atom. The molecule has 0 spiro atoms. The Morgan fingerprint density at radius 3 is 1.72 bits per heavy atom. The van der Waals surface area contributed by atoms with Crippen LogP contribution in [0.15, 0.2) is 75.7 Å². The molecule has 4 aromatic rings. The van der Waals surface area contributed by atoms with Crippen LogP contribution in [0.3, 0.4) is 0 Å². The summed E-state index contributed by atoms with van der Waals surface area (Å²) in [5.74, 6) is 0.130. The summed E-state index contributed by atoms with van der Waals surface area (Å²) in [6.07, 6.45) is 0. The molecule has 0 bridgehead atoms. The molecule has 25 heavy (non-hydrogen) atoms. The van der Waals surface area contributed by atoms with Crippen LogP contribution in [0.5, 0.6) is 5.75 Å². The van der Waals surface area contributed by atoms with Gasteiger partial charge in [-0.15, -0.1) is 0 Å². The molecule has 1 heterocycles. The van der Waals surface area contributed by atoms with E-state index in [2.05, 4.69) is 31.9 Å². The van der Waals surface area contributed by atoms with Crippen LogP contribution in [0, 0.1) is 0 Å². The van der Waals surface area contributed by atoms with E-state index in [1.54, 1.807) is 12.1 Å². The highest BCUT2D eigenvalue weighted by Crippen LogP contribution is 2.34. The largest absolute Gasteiger partial charge is 0.506 e. The molecule has 3 aromatic carbocycles. The van der Waals surface area contributed by atoms with Crippen molar-refractivity contribution in [1.82, 2.24) is 9.97 Å². The summed E-state index contributed by atoms with van der Waals surface area (Å²) in [4.78, 5) is 9.52. The van der Waals surface area contributed by atoms with Crippen LogP contribution in [0.25, 0.3) is 33.5 Å². The predicted octanol–water partition coefficient (Wildman–Crippen LogP) is 6.19. The topological polar surface area (TPSA) is 46.0 Å². The van der Waals surface area contributed by atoms with Crippen molar-refractivity contribution in [3.8, 4) is 28.3 Å². The molecule has 0 atom stereocenters. The number of nitrogens with zero attached hydrogens (tertiary/aromatic N) is 2. The molecule has 3 nitrogen and oxygen atoms in total. The van der Waals surface area contributed by atoms with Crippen LogP contribution in [-0.2, 0) is 0 Å². The first kappa shape index (κ1) is 16.2. The van der Waals surface area contributed by atoms with Gasteiger partial charge in [-0.05, 0) is 36.4 Å². The second kappa shape index (κ2) is 6.58. The first-order valence-corrected chi connectivity index (χ1v) is 9.22. The van der Waals surface area contributed by atoms with Crippen LogP contribution in [0.1, 0.15) is 0 Å². The summed E-state index contributed by atoms with van der Waals surface area (Å²) < 4.78 is 2.01. The number of aromatic nitrogens is 2. The molecular weight excluding hydrogens is 444 g/mol. The average Bonchev–Trinajstić information content (AvgIpc) is 2.63. The zero-order valence-corrected chi connectivity index (χ0v) is 16.1. The first-order chi connectivity index (χ1) is 12.1. The quantitative estimate of drug-likeness (QED) is 0.391. The number of hydrogen-bond acceptors (Lipinski definition) is 3. The third-order valence-corrected chi connectivity index (χ3v) is 4.97. The highest BCUT2D eigenvalue weighted by molar-refractivity contribution is 9.10. The minimum atomic E-state index is 0.130. The van der Waals surface area contributed by atoms with Gasteiger partial charge in [-0.1, -0.05) is 62.2 Å². The SMILES string of the molecule is Oc1cccc2nc(-c3ccc(Br)cc3)c(-c3ccc(Br)cc3)nc12. The van der Waals surface area contributed by atoms with Gasteiger partial charge >= 0.3 is 0 Å². The maximum Gasteiger partial charge on any atom is 0.143 e. The smallest absolute Gasteiger partial charge is 0.143 e. The van der Waals surface area contributed by atoms with Crippen LogP contribution < -0.4 is 0 Å². The number of phenolic OH excluding ortho intramolecular Hbond substituents is 1. The summed E-state index contributed by atoms with van der Waals surface area (Å²) >= 11 is 6.92. The summed E-state index contributed by atoms with van der Waals surface area (Å²) in [6, 6.07) is 21.1. The predicted molar refractivity (Wildman–Crippen MR) is 107 cm³/mol. The van der Waals surface area contributed by atoms with E-state index in [9.17, 15) is 5.11 Å². The zero-order chi connectivity index (χ0) is 17.4. The number of aromatic hydroxyl groups is 1. The van der Waals surface area contributed by atoms with Gasteiger partial charge in [-0.3, -0.25) is 0 Å². The number of fused-ring (bicyclic) bond motifs is 1. The molecule has 0 saturated heterocycles. The minimum Gasteiger partial charge on any atom is -0.506 e. The van der Waals surface area contributed by atoms with Crippen molar-refractivity contribution in [3.63, 3.8) is 0 Å². The van der Waals surface area contributed by atoms with Gasteiger partial charge in [-0.25, -0.2) is 9.97 Å². The fourth-order valence-electron chi connectivity index (χ4n) is 2.68. The van der Waals surface area contributed by atoms with Gasteiger partial charge in [-0.2, -0.15) is 0 Å². The van der Waals surface area contributed by atoms with E-state index in [-0.39, 0.29) is 5.75 Å². The van der Waals surface area contributed by atoms with Gasteiger partial charge in [0.25, 0.3) is 0 Å². The molecule has 0 saturated carbocycles. The molecule has 1 aromatic heterocycles. The Morgan fingerprint density at radius 2 is 1.16 bits per heavy atom. The van der Waals surface area contributed by atoms with E-state index in [1.165, 1.54) is 0 Å². The number of halogens is 2. The number of hydrogen-bond donors (Lipinski definition) is 1. The Bertz CT molecular complexity index is 1060. The lowest BCUT2D eigenvalue weighted by molar-refractivity contribution is 0.480. The lowest BCUT2D eigenvalue weighted by Crippen LogP contribution is -1.95. The molecule has 5 heteroatoms. The highest BCUT2D eigenvalue weighted by atomic mass is 79.9. The lowest BCUT2D eigenvalue weighted by Gasteiger charge is -2.11. The van der Waals surface area contributed by atoms with E-state index in [4.69, 9.17) is 9.97 Å². The third-order valence-electron chi connectivity index (χ3n) is 3.91. The first-order valence-electron chi connectivity index (χ1n) is 7.63. The van der Waals surface area contributed by atoms with Crippen LogP contribution in [0.2, 0.25) is 0 Å².